The fourth-order valence-electron chi connectivity index (χ4n) is 0.228. The van der Waals surface area contributed by atoms with Gasteiger partial charge in [0.25, 0.3) is 0 Å². The quantitative estimate of drug-likeness (QED) is 0.400. The second kappa shape index (κ2) is 8.74. The third-order valence-electron chi connectivity index (χ3n) is 0.702. The fraction of sp³-hybridized carbons (Fsp3) is 0.111. The summed E-state index contributed by atoms with van der Waals surface area (Å²) in [4.78, 5) is 19.9. The Hall–Kier alpha value is -1.35. The highest BCUT2D eigenvalue weighted by molar-refractivity contribution is 6.43. The minimum Gasteiger partial charge on any atom is -0.435 e. The van der Waals surface area contributed by atoms with E-state index in [1.165, 1.54) is 6.92 Å². The number of halogens is 1. The topological polar surface area (TPSA) is 43.4 Å². The molecule has 3 nitrogen and oxygen atoms in total. The Labute approximate surface area is 82.3 Å². The van der Waals surface area contributed by atoms with Crippen molar-refractivity contribution in [2.75, 3.05) is 0 Å². The highest BCUT2D eigenvalue weighted by Crippen LogP contribution is 1.96. The molecule has 0 aromatic rings. The summed E-state index contributed by atoms with van der Waals surface area (Å²) in [6, 6.07) is 0. The molecule has 0 aliphatic heterocycles. The van der Waals surface area contributed by atoms with Crippen LogP contribution >= 0.6 is 11.6 Å². The standard InChI is InChI=1S/C5H5ClO.C4H6O2/c1-3-5(7)4(2)6;1-3-6-4(2)5/h3H,1-2H2;3H,1H2,2H3. The first-order valence-corrected chi connectivity index (χ1v) is 3.62. The van der Waals surface area contributed by atoms with Crippen LogP contribution in [0, 0.1) is 0 Å². The summed E-state index contributed by atoms with van der Waals surface area (Å²) in [5.41, 5.74) is 0. The van der Waals surface area contributed by atoms with Gasteiger partial charge < -0.3 is 4.74 Å². The van der Waals surface area contributed by atoms with Crippen LogP contribution in [-0.4, -0.2) is 11.8 Å². The summed E-state index contributed by atoms with van der Waals surface area (Å²) in [5, 5.41) is 0.00926. The molecule has 0 atom stereocenters. The van der Waals surface area contributed by atoms with E-state index in [0.717, 1.165) is 12.3 Å². The van der Waals surface area contributed by atoms with Gasteiger partial charge in [0.15, 0.2) is 5.78 Å². The molecule has 4 heteroatoms. The number of hydrogen-bond donors (Lipinski definition) is 0. The number of carbonyl (C=O) groups is 2. The van der Waals surface area contributed by atoms with Crippen molar-refractivity contribution in [2.45, 2.75) is 6.92 Å². The van der Waals surface area contributed by atoms with Crippen molar-refractivity contribution >= 4 is 23.4 Å². The third-order valence-corrected chi connectivity index (χ3v) is 0.888. The van der Waals surface area contributed by atoms with Crippen molar-refractivity contribution < 1.29 is 14.3 Å². The van der Waals surface area contributed by atoms with Gasteiger partial charge in [-0.1, -0.05) is 31.3 Å². The van der Waals surface area contributed by atoms with Gasteiger partial charge in [-0.25, -0.2) is 0 Å². The first-order valence-electron chi connectivity index (χ1n) is 3.25. The molecule has 0 fully saturated rings. The lowest BCUT2D eigenvalue weighted by molar-refractivity contribution is -0.135. The number of rotatable bonds is 3. The van der Waals surface area contributed by atoms with Gasteiger partial charge in [0.2, 0.25) is 0 Å². The van der Waals surface area contributed by atoms with Gasteiger partial charge in [-0.3, -0.25) is 9.59 Å². The molecule has 0 saturated heterocycles. The minimum atomic E-state index is -0.329. The van der Waals surface area contributed by atoms with Crippen molar-refractivity contribution in [2.24, 2.45) is 0 Å². The minimum absolute atomic E-state index is 0.00926. The SMILES string of the molecule is C=CC(=O)C(=C)Cl.C=COC(C)=O. The third kappa shape index (κ3) is 13.6. The number of esters is 1. The summed E-state index contributed by atoms with van der Waals surface area (Å²) < 4.78 is 4.17. The van der Waals surface area contributed by atoms with E-state index < -0.39 is 0 Å². The van der Waals surface area contributed by atoms with Crippen LogP contribution in [0.2, 0.25) is 0 Å². The van der Waals surface area contributed by atoms with Gasteiger partial charge in [0.05, 0.1) is 11.3 Å². The number of allylic oxidation sites excluding steroid dienone is 2. The van der Waals surface area contributed by atoms with Crippen LogP contribution in [0.25, 0.3) is 0 Å². The second-order valence-corrected chi connectivity index (χ2v) is 2.21. The van der Waals surface area contributed by atoms with Gasteiger partial charge in [-0.15, -0.1) is 0 Å². The number of ether oxygens (including phenoxy) is 1. The molecule has 0 spiro atoms. The molecule has 0 bridgehead atoms. The summed E-state index contributed by atoms with van der Waals surface area (Å²) in [6.45, 7) is 10.8. The zero-order valence-electron chi connectivity index (χ0n) is 7.38. The van der Waals surface area contributed by atoms with E-state index in [1.54, 1.807) is 0 Å². The van der Waals surface area contributed by atoms with E-state index >= 15 is 0 Å². The summed E-state index contributed by atoms with van der Waals surface area (Å²) in [7, 11) is 0. The van der Waals surface area contributed by atoms with Gasteiger partial charge in [-0.05, 0) is 6.08 Å². The molecule has 0 rings (SSSR count). The maximum absolute atomic E-state index is 10.2. The van der Waals surface area contributed by atoms with E-state index in [4.69, 9.17) is 11.6 Å². The van der Waals surface area contributed by atoms with Crippen molar-refractivity contribution in [3.05, 3.63) is 37.1 Å². The summed E-state index contributed by atoms with van der Waals surface area (Å²) in [6.07, 6.45) is 2.22. The smallest absolute Gasteiger partial charge is 0.307 e. The Morgan fingerprint density at radius 2 is 1.85 bits per heavy atom. The molecule has 0 aromatic carbocycles. The average molecular weight is 203 g/mol. The molecule has 0 aliphatic rings. The normalized spacial score (nSPS) is 7.23. The maximum Gasteiger partial charge on any atom is 0.307 e. The van der Waals surface area contributed by atoms with Crippen LogP contribution < -0.4 is 0 Å². The van der Waals surface area contributed by atoms with E-state index in [9.17, 15) is 9.59 Å². The second-order valence-electron chi connectivity index (χ2n) is 1.75. The molecule has 0 aromatic heterocycles. The van der Waals surface area contributed by atoms with Crippen LogP contribution in [-0.2, 0) is 14.3 Å². The molecular formula is C9H11ClO3. The Balaban J connectivity index is 0. The zero-order valence-corrected chi connectivity index (χ0v) is 8.13. The lowest BCUT2D eigenvalue weighted by Gasteiger charge is -1.83. The first-order chi connectivity index (χ1) is 5.95. The van der Waals surface area contributed by atoms with E-state index in [1.807, 2.05) is 0 Å². The van der Waals surface area contributed by atoms with Gasteiger partial charge in [-0.2, -0.15) is 0 Å². The number of hydrogen-bond acceptors (Lipinski definition) is 3. The van der Waals surface area contributed by atoms with E-state index in [0.29, 0.717) is 0 Å². The van der Waals surface area contributed by atoms with Crippen molar-refractivity contribution in [1.82, 2.24) is 0 Å². The predicted molar refractivity (Wildman–Crippen MR) is 52.2 cm³/mol. The molecule has 72 valence electrons. The van der Waals surface area contributed by atoms with Crippen molar-refractivity contribution in [3.63, 3.8) is 0 Å². The Morgan fingerprint density at radius 1 is 1.38 bits per heavy atom. The van der Waals surface area contributed by atoms with E-state index in [2.05, 4.69) is 24.5 Å². The molecule has 13 heavy (non-hydrogen) atoms. The largest absolute Gasteiger partial charge is 0.435 e. The molecule has 0 saturated carbocycles. The molecule has 0 amide bonds. The van der Waals surface area contributed by atoms with Gasteiger partial charge >= 0.3 is 5.97 Å². The van der Waals surface area contributed by atoms with Crippen LogP contribution in [0.5, 0.6) is 0 Å². The monoisotopic (exact) mass is 202 g/mol. The fourth-order valence-corrected chi connectivity index (χ4v) is 0.305. The Bertz CT molecular complexity index is 231. The molecular weight excluding hydrogens is 192 g/mol. The number of carbonyl (C=O) groups excluding carboxylic acids is 2. The van der Waals surface area contributed by atoms with Gasteiger partial charge in [0.1, 0.15) is 0 Å². The summed E-state index contributed by atoms with van der Waals surface area (Å²) in [5.74, 6) is -0.647. The highest BCUT2D eigenvalue weighted by Gasteiger charge is 1.93. The zero-order chi connectivity index (χ0) is 10.9. The van der Waals surface area contributed by atoms with Crippen molar-refractivity contribution in [3.8, 4) is 0 Å². The summed E-state index contributed by atoms with van der Waals surface area (Å²) >= 11 is 5.11. The molecule has 0 aliphatic carbocycles. The highest BCUT2D eigenvalue weighted by atomic mass is 35.5. The predicted octanol–water partition coefficient (Wildman–Crippen LogP) is 2.19. The molecule has 0 radical (unpaired) electrons. The van der Waals surface area contributed by atoms with Crippen LogP contribution in [0.1, 0.15) is 6.92 Å². The lowest BCUT2D eigenvalue weighted by atomic mass is 10.4. The van der Waals surface area contributed by atoms with Crippen LogP contribution in [0.4, 0.5) is 0 Å². The van der Waals surface area contributed by atoms with E-state index in [-0.39, 0.29) is 16.8 Å². The average Bonchev–Trinajstić information content (AvgIpc) is 2.03. The first kappa shape index (κ1) is 14.2. The molecule has 0 N–H and O–H groups in total. The van der Waals surface area contributed by atoms with Crippen molar-refractivity contribution in [1.29, 1.82) is 0 Å². The Morgan fingerprint density at radius 3 is 1.85 bits per heavy atom. The Kier molecular flexibility index (Phi) is 9.54. The van der Waals surface area contributed by atoms with Crippen LogP contribution in [0.15, 0.2) is 37.1 Å². The number of ketones is 1. The molecule has 0 heterocycles. The van der Waals surface area contributed by atoms with Crippen LogP contribution in [0.3, 0.4) is 0 Å². The van der Waals surface area contributed by atoms with Gasteiger partial charge in [0, 0.05) is 6.92 Å². The molecule has 0 unspecified atom stereocenters. The lowest BCUT2D eigenvalue weighted by Crippen LogP contribution is -1.87. The maximum atomic E-state index is 10.2.